The molecule has 2 aromatic heterocycles. The number of rotatable bonds is 2. The highest BCUT2D eigenvalue weighted by atomic mass is 19.1. The van der Waals surface area contributed by atoms with Gasteiger partial charge in [0.2, 0.25) is 0 Å². The Kier molecular flexibility index (Phi) is 2.97. The summed E-state index contributed by atoms with van der Waals surface area (Å²) in [6, 6.07) is 0. The number of halogens is 1. The third-order valence-electron chi connectivity index (χ3n) is 3.89. The minimum Gasteiger partial charge on any atom is -0.351 e. The van der Waals surface area contributed by atoms with Crippen molar-refractivity contribution in [1.29, 1.82) is 0 Å². The van der Waals surface area contributed by atoms with Crippen molar-refractivity contribution < 1.29 is 9.13 Å². The Hall–Kier alpha value is -1.56. The Morgan fingerprint density at radius 2 is 2.16 bits per heavy atom. The third kappa shape index (κ3) is 1.82. The second kappa shape index (κ2) is 4.52. The van der Waals surface area contributed by atoms with E-state index in [0.717, 1.165) is 12.1 Å². The normalized spacial score (nSPS) is 31.2. The zero-order valence-corrected chi connectivity index (χ0v) is 11.2. The first-order valence-corrected chi connectivity index (χ1v) is 6.57. The summed E-state index contributed by atoms with van der Waals surface area (Å²) in [5, 5.41) is 0. The lowest BCUT2D eigenvalue weighted by atomic mass is 10.00. The molecule has 0 amide bonds. The van der Waals surface area contributed by atoms with Crippen molar-refractivity contribution in [3.8, 4) is 0 Å². The fraction of sp³-hybridized carbons (Fsp3) is 0.615. The Balaban J connectivity index is 2.04. The molecule has 1 aliphatic heterocycles. The van der Waals surface area contributed by atoms with Gasteiger partial charge in [-0.25, -0.2) is 19.3 Å². The molecule has 102 valence electrons. The summed E-state index contributed by atoms with van der Waals surface area (Å²) in [7, 11) is 0. The first-order valence-electron chi connectivity index (χ1n) is 6.57. The van der Waals surface area contributed by atoms with E-state index in [-0.39, 0.29) is 12.0 Å². The second-order valence-electron chi connectivity index (χ2n) is 5.06. The van der Waals surface area contributed by atoms with E-state index in [4.69, 9.17) is 4.74 Å². The van der Waals surface area contributed by atoms with Crippen LogP contribution in [-0.4, -0.2) is 31.8 Å². The van der Waals surface area contributed by atoms with Gasteiger partial charge in [0.15, 0.2) is 18.0 Å². The average Bonchev–Trinajstić information content (AvgIpc) is 2.94. The van der Waals surface area contributed by atoms with Gasteiger partial charge in [0.25, 0.3) is 0 Å². The van der Waals surface area contributed by atoms with E-state index in [1.165, 1.54) is 6.33 Å². The second-order valence-corrected chi connectivity index (χ2v) is 5.06. The summed E-state index contributed by atoms with van der Waals surface area (Å²) < 4.78 is 21.9. The number of fused-ring (bicyclic) bond motifs is 1. The Bertz CT molecular complexity index is 599. The van der Waals surface area contributed by atoms with Gasteiger partial charge in [0.1, 0.15) is 11.8 Å². The highest BCUT2D eigenvalue weighted by molar-refractivity contribution is 5.72. The molecule has 3 heterocycles. The van der Waals surface area contributed by atoms with Crippen LogP contribution in [0, 0.1) is 12.8 Å². The smallest absolute Gasteiger partial charge is 0.168 e. The van der Waals surface area contributed by atoms with Crippen LogP contribution >= 0.6 is 0 Å². The fourth-order valence-electron chi connectivity index (χ4n) is 2.69. The van der Waals surface area contributed by atoms with Gasteiger partial charge < -0.3 is 4.74 Å². The summed E-state index contributed by atoms with van der Waals surface area (Å²) in [6.45, 7) is 5.76. The molecule has 0 aliphatic carbocycles. The van der Waals surface area contributed by atoms with E-state index in [1.54, 1.807) is 10.9 Å². The van der Waals surface area contributed by atoms with Crippen molar-refractivity contribution in [1.82, 2.24) is 19.5 Å². The molecule has 2 aromatic rings. The Morgan fingerprint density at radius 1 is 1.37 bits per heavy atom. The third-order valence-corrected chi connectivity index (χ3v) is 3.89. The first-order chi connectivity index (χ1) is 9.13. The van der Waals surface area contributed by atoms with Crippen LogP contribution in [0.4, 0.5) is 4.39 Å². The SMILES string of the molecule is CC[C@H]1O[C@@H](n2cnc3c(C)ncnc32)[C@H](F)[C@@H]1C. The topological polar surface area (TPSA) is 52.8 Å². The van der Waals surface area contributed by atoms with Gasteiger partial charge in [-0.05, 0) is 13.3 Å². The summed E-state index contributed by atoms with van der Waals surface area (Å²) in [5.74, 6) is -0.115. The molecule has 0 saturated carbocycles. The molecule has 4 atom stereocenters. The van der Waals surface area contributed by atoms with Crippen LogP contribution in [0.15, 0.2) is 12.7 Å². The number of imidazole rings is 1. The highest BCUT2D eigenvalue weighted by Crippen LogP contribution is 2.38. The number of hydrogen-bond donors (Lipinski definition) is 0. The van der Waals surface area contributed by atoms with Crippen molar-refractivity contribution in [3.05, 3.63) is 18.3 Å². The molecule has 0 aromatic carbocycles. The summed E-state index contributed by atoms with van der Waals surface area (Å²) >= 11 is 0. The minimum atomic E-state index is -1.04. The molecule has 1 saturated heterocycles. The van der Waals surface area contributed by atoms with Crippen molar-refractivity contribution in [3.63, 3.8) is 0 Å². The van der Waals surface area contributed by atoms with E-state index in [2.05, 4.69) is 15.0 Å². The van der Waals surface area contributed by atoms with E-state index in [1.807, 2.05) is 20.8 Å². The minimum absolute atomic E-state index is 0.0552. The van der Waals surface area contributed by atoms with Gasteiger partial charge in [-0.1, -0.05) is 13.8 Å². The molecule has 0 unspecified atom stereocenters. The summed E-state index contributed by atoms with van der Waals surface area (Å²) in [6.07, 6.45) is 2.13. The summed E-state index contributed by atoms with van der Waals surface area (Å²) in [4.78, 5) is 12.6. The van der Waals surface area contributed by atoms with E-state index >= 15 is 0 Å². The van der Waals surface area contributed by atoms with Crippen LogP contribution in [0.2, 0.25) is 0 Å². The average molecular weight is 264 g/mol. The molecule has 5 nitrogen and oxygen atoms in total. The molecular weight excluding hydrogens is 247 g/mol. The largest absolute Gasteiger partial charge is 0.351 e. The Morgan fingerprint density at radius 3 is 2.84 bits per heavy atom. The molecule has 6 heteroatoms. The van der Waals surface area contributed by atoms with Gasteiger partial charge >= 0.3 is 0 Å². The molecule has 0 spiro atoms. The fourth-order valence-corrected chi connectivity index (χ4v) is 2.69. The van der Waals surface area contributed by atoms with Crippen LogP contribution in [0.25, 0.3) is 11.2 Å². The van der Waals surface area contributed by atoms with Crippen LogP contribution in [0.5, 0.6) is 0 Å². The van der Waals surface area contributed by atoms with E-state index in [9.17, 15) is 4.39 Å². The maximum atomic E-state index is 14.4. The molecular formula is C13H17FN4O. The molecule has 0 radical (unpaired) electrons. The van der Waals surface area contributed by atoms with E-state index < -0.39 is 12.4 Å². The van der Waals surface area contributed by atoms with Crippen LogP contribution in [0.1, 0.15) is 32.2 Å². The number of nitrogens with zero attached hydrogens (tertiary/aromatic N) is 4. The van der Waals surface area contributed by atoms with Gasteiger partial charge in [-0.3, -0.25) is 4.57 Å². The van der Waals surface area contributed by atoms with Crippen LogP contribution in [-0.2, 0) is 4.74 Å². The standard InChI is InChI=1S/C13H17FN4O/c1-4-9-7(2)10(14)13(19-9)18-6-17-11-8(3)15-5-16-12(11)18/h5-7,9-10,13H,4H2,1-3H3/t7-,9-,10-,13-/m1/s1. The van der Waals surface area contributed by atoms with Gasteiger partial charge in [-0.15, -0.1) is 0 Å². The zero-order valence-electron chi connectivity index (χ0n) is 11.2. The predicted molar refractivity (Wildman–Crippen MR) is 68.3 cm³/mol. The van der Waals surface area contributed by atoms with E-state index in [0.29, 0.717) is 11.2 Å². The van der Waals surface area contributed by atoms with Crippen molar-refractivity contribution in [2.24, 2.45) is 5.92 Å². The monoisotopic (exact) mass is 264 g/mol. The van der Waals surface area contributed by atoms with Crippen molar-refractivity contribution in [2.45, 2.75) is 45.7 Å². The molecule has 19 heavy (non-hydrogen) atoms. The van der Waals surface area contributed by atoms with Crippen molar-refractivity contribution >= 4 is 11.2 Å². The molecule has 1 aliphatic rings. The first kappa shape index (κ1) is 12.5. The number of aromatic nitrogens is 4. The maximum Gasteiger partial charge on any atom is 0.168 e. The van der Waals surface area contributed by atoms with Gasteiger partial charge in [-0.2, -0.15) is 0 Å². The molecule has 1 fully saturated rings. The zero-order chi connectivity index (χ0) is 13.6. The van der Waals surface area contributed by atoms with Crippen molar-refractivity contribution in [2.75, 3.05) is 0 Å². The van der Waals surface area contributed by atoms with Crippen LogP contribution < -0.4 is 0 Å². The lowest BCUT2D eigenvalue weighted by molar-refractivity contribution is -0.0186. The quantitative estimate of drug-likeness (QED) is 0.836. The van der Waals surface area contributed by atoms with Gasteiger partial charge in [0, 0.05) is 5.92 Å². The lowest BCUT2D eigenvalue weighted by Gasteiger charge is -2.15. The molecule has 0 bridgehead atoms. The molecule has 0 N–H and O–H groups in total. The lowest BCUT2D eigenvalue weighted by Crippen LogP contribution is -2.19. The predicted octanol–water partition coefficient (Wildman–Crippen LogP) is 2.42. The highest BCUT2D eigenvalue weighted by Gasteiger charge is 2.43. The van der Waals surface area contributed by atoms with Crippen LogP contribution in [0.3, 0.4) is 0 Å². The summed E-state index contributed by atoms with van der Waals surface area (Å²) in [5.41, 5.74) is 2.12. The molecule has 3 rings (SSSR count). The Labute approximate surface area is 110 Å². The number of hydrogen-bond acceptors (Lipinski definition) is 4. The number of ether oxygens (including phenoxy) is 1. The maximum absolute atomic E-state index is 14.4. The number of alkyl halides is 1. The van der Waals surface area contributed by atoms with Gasteiger partial charge in [0.05, 0.1) is 18.1 Å². The number of aryl methyl sites for hydroxylation is 1.